The molecule has 2 N–H and O–H groups in total. The quantitative estimate of drug-likeness (QED) is 0.426. The highest BCUT2D eigenvalue weighted by atomic mass is 16.5. The molecule has 0 aliphatic heterocycles. The highest BCUT2D eigenvalue weighted by Gasteiger charge is 2.28. The lowest BCUT2D eigenvalue weighted by Crippen LogP contribution is -2.29. The van der Waals surface area contributed by atoms with Gasteiger partial charge in [-0.25, -0.2) is 4.98 Å². The zero-order valence-corrected chi connectivity index (χ0v) is 15.0. The molecule has 1 fully saturated rings. The van der Waals surface area contributed by atoms with Crippen LogP contribution in [-0.2, 0) is 0 Å². The van der Waals surface area contributed by atoms with Gasteiger partial charge in [-0.3, -0.25) is 10.0 Å². The van der Waals surface area contributed by atoms with E-state index in [1.165, 1.54) is 12.4 Å². The van der Waals surface area contributed by atoms with Gasteiger partial charge in [0.25, 0.3) is 5.91 Å². The molecule has 3 aromatic heterocycles. The lowest BCUT2D eigenvalue weighted by atomic mass is 10.1. The Labute approximate surface area is 160 Å². The molecule has 4 aromatic rings. The molecule has 138 valence electrons. The molecule has 1 saturated carbocycles. The predicted octanol–water partition coefficient (Wildman–Crippen LogP) is 3.05. The van der Waals surface area contributed by atoms with Crippen molar-refractivity contribution < 1.29 is 14.7 Å². The number of anilines is 1. The van der Waals surface area contributed by atoms with Gasteiger partial charge in [0.15, 0.2) is 5.65 Å². The highest BCUT2D eigenvalue weighted by molar-refractivity contribution is 6.04. The molecule has 0 unspecified atom stereocenters. The summed E-state index contributed by atoms with van der Waals surface area (Å²) in [5, 5.41) is 16.8. The van der Waals surface area contributed by atoms with E-state index in [4.69, 9.17) is 4.98 Å². The summed E-state index contributed by atoms with van der Waals surface area (Å²) in [5.41, 5.74) is 4.09. The van der Waals surface area contributed by atoms with Gasteiger partial charge in [-0.1, -0.05) is 30.3 Å². The number of carbonyl (C=O) groups excluding carboxylic acids is 1. The molecular formula is C21H18N5O2+. The Morgan fingerprint density at radius 1 is 1.14 bits per heavy atom. The van der Waals surface area contributed by atoms with E-state index < -0.39 is 0 Å². The van der Waals surface area contributed by atoms with Crippen LogP contribution in [0.3, 0.4) is 0 Å². The van der Waals surface area contributed by atoms with E-state index in [9.17, 15) is 10.0 Å². The Balaban J connectivity index is 1.60. The molecule has 0 spiro atoms. The van der Waals surface area contributed by atoms with Crippen molar-refractivity contribution >= 4 is 17.4 Å². The van der Waals surface area contributed by atoms with Gasteiger partial charge in [-0.05, 0) is 18.8 Å². The maximum absolute atomic E-state index is 12.7. The number of carbonyl (C=O) groups is 1. The van der Waals surface area contributed by atoms with Crippen molar-refractivity contribution in [2.24, 2.45) is 0 Å². The lowest BCUT2D eigenvalue weighted by molar-refractivity contribution is -0.904. The van der Waals surface area contributed by atoms with Gasteiger partial charge >= 0.3 is 0 Å². The molecule has 7 nitrogen and oxygen atoms in total. The van der Waals surface area contributed by atoms with E-state index in [1.807, 2.05) is 42.6 Å². The molecule has 0 radical (unpaired) electrons. The summed E-state index contributed by atoms with van der Waals surface area (Å²) in [6.07, 6.45) is 6.95. The third kappa shape index (κ3) is 2.96. The fraction of sp³-hybridized carbons (Fsp3) is 0.143. The van der Waals surface area contributed by atoms with Crippen LogP contribution < -0.4 is 10.0 Å². The van der Waals surface area contributed by atoms with Crippen LogP contribution in [0.25, 0.3) is 16.9 Å². The zero-order valence-electron chi connectivity index (χ0n) is 15.0. The molecule has 1 aliphatic rings. The molecule has 28 heavy (non-hydrogen) atoms. The number of hydrogen-bond acceptors (Lipinski definition) is 4. The molecule has 5 rings (SSSR count). The standard InChI is InChI=1S/C21H17N5O2/c27-21(16-8-10-25(28)11-9-16)24-19-12-18(15-4-2-1-3-5-15)23-20-17(14-6-7-14)13-22-26(19)20/h1-5,8-14H,6-7H2,(H-,22,23,24,27,28)/p+1. The average Bonchev–Trinajstić information content (AvgIpc) is 3.48. The van der Waals surface area contributed by atoms with E-state index in [0.717, 1.165) is 40.0 Å². The molecule has 0 atom stereocenters. The number of nitrogens with one attached hydrogen (secondary N) is 1. The van der Waals surface area contributed by atoms with Crippen LogP contribution in [0.1, 0.15) is 34.7 Å². The third-order valence-corrected chi connectivity index (χ3v) is 4.90. The van der Waals surface area contributed by atoms with Crippen LogP contribution >= 0.6 is 0 Å². The van der Waals surface area contributed by atoms with Crippen LogP contribution in [0.2, 0.25) is 0 Å². The van der Waals surface area contributed by atoms with Gasteiger partial charge in [-0.2, -0.15) is 9.61 Å². The predicted molar refractivity (Wildman–Crippen MR) is 102 cm³/mol. The summed E-state index contributed by atoms with van der Waals surface area (Å²) >= 11 is 0. The molecule has 7 heteroatoms. The van der Waals surface area contributed by atoms with Crippen LogP contribution in [0, 0.1) is 0 Å². The number of nitrogens with zero attached hydrogens (tertiary/aromatic N) is 4. The summed E-state index contributed by atoms with van der Waals surface area (Å²) in [6.45, 7) is 0. The summed E-state index contributed by atoms with van der Waals surface area (Å²) in [7, 11) is 0. The fourth-order valence-electron chi connectivity index (χ4n) is 3.27. The SMILES string of the molecule is O=C(Nc1cc(-c2ccccc2)nc2c(C3CC3)cnn12)c1cc[n+](O)cc1. The smallest absolute Gasteiger partial charge is 0.257 e. The molecule has 1 aromatic carbocycles. The second-order valence-corrected chi connectivity index (χ2v) is 6.92. The first-order valence-electron chi connectivity index (χ1n) is 9.15. The minimum atomic E-state index is -0.282. The molecule has 1 amide bonds. The highest BCUT2D eigenvalue weighted by Crippen LogP contribution is 2.42. The first-order valence-corrected chi connectivity index (χ1v) is 9.15. The Bertz CT molecular complexity index is 1160. The van der Waals surface area contributed by atoms with Crippen LogP contribution in [0.5, 0.6) is 0 Å². The van der Waals surface area contributed by atoms with E-state index in [-0.39, 0.29) is 5.91 Å². The maximum Gasteiger partial charge on any atom is 0.257 e. The Hall–Kier alpha value is -3.74. The maximum atomic E-state index is 12.7. The summed E-state index contributed by atoms with van der Waals surface area (Å²) in [5.74, 6) is 0.769. The van der Waals surface area contributed by atoms with Gasteiger partial charge in [0.2, 0.25) is 12.4 Å². The second-order valence-electron chi connectivity index (χ2n) is 6.92. The number of benzene rings is 1. The normalized spacial score (nSPS) is 13.6. The van der Waals surface area contributed by atoms with Crippen molar-refractivity contribution in [3.63, 3.8) is 0 Å². The van der Waals surface area contributed by atoms with Crippen molar-refractivity contribution in [2.45, 2.75) is 18.8 Å². The van der Waals surface area contributed by atoms with Crippen molar-refractivity contribution in [3.05, 3.63) is 78.2 Å². The first-order chi connectivity index (χ1) is 13.7. The zero-order chi connectivity index (χ0) is 19.1. The summed E-state index contributed by atoms with van der Waals surface area (Å²) in [6, 6.07) is 14.8. The first kappa shape index (κ1) is 16.4. The van der Waals surface area contributed by atoms with Crippen molar-refractivity contribution in [1.82, 2.24) is 14.6 Å². The van der Waals surface area contributed by atoms with E-state index in [0.29, 0.717) is 17.3 Å². The van der Waals surface area contributed by atoms with Gasteiger partial charge in [-0.15, -0.1) is 0 Å². The molecule has 0 saturated heterocycles. The molecule has 3 heterocycles. The number of fused-ring (bicyclic) bond motifs is 1. The fourth-order valence-corrected chi connectivity index (χ4v) is 3.27. The van der Waals surface area contributed by atoms with Gasteiger partial charge < -0.3 is 5.32 Å². The van der Waals surface area contributed by atoms with Crippen molar-refractivity contribution in [2.75, 3.05) is 5.32 Å². The van der Waals surface area contributed by atoms with Crippen molar-refractivity contribution in [3.8, 4) is 11.3 Å². The topological polar surface area (TPSA) is 83.4 Å². The number of aromatic nitrogens is 4. The number of rotatable bonds is 4. The minimum Gasteiger partial charge on any atom is -0.306 e. The second kappa shape index (κ2) is 6.45. The van der Waals surface area contributed by atoms with E-state index in [1.54, 1.807) is 16.6 Å². The molecule has 1 aliphatic carbocycles. The summed E-state index contributed by atoms with van der Waals surface area (Å²) < 4.78 is 2.58. The van der Waals surface area contributed by atoms with Gasteiger partial charge in [0, 0.05) is 34.1 Å². The van der Waals surface area contributed by atoms with Crippen LogP contribution in [-0.4, -0.2) is 25.7 Å². The largest absolute Gasteiger partial charge is 0.306 e. The van der Waals surface area contributed by atoms with E-state index >= 15 is 0 Å². The van der Waals surface area contributed by atoms with Gasteiger partial charge in [0.05, 0.1) is 17.5 Å². The monoisotopic (exact) mass is 372 g/mol. The summed E-state index contributed by atoms with van der Waals surface area (Å²) in [4.78, 5) is 17.5. The Kier molecular flexibility index (Phi) is 3.79. The van der Waals surface area contributed by atoms with Gasteiger partial charge in [0.1, 0.15) is 5.82 Å². The van der Waals surface area contributed by atoms with E-state index in [2.05, 4.69) is 10.4 Å². The average molecular weight is 372 g/mol. The van der Waals surface area contributed by atoms with Crippen LogP contribution in [0.4, 0.5) is 5.82 Å². The Morgan fingerprint density at radius 3 is 2.61 bits per heavy atom. The number of amides is 1. The van der Waals surface area contributed by atoms with Crippen molar-refractivity contribution in [1.29, 1.82) is 0 Å². The third-order valence-electron chi connectivity index (χ3n) is 4.90. The molecule has 0 bridgehead atoms. The van der Waals surface area contributed by atoms with Crippen LogP contribution in [0.15, 0.2) is 67.1 Å². The Morgan fingerprint density at radius 2 is 1.89 bits per heavy atom. The minimum absolute atomic E-state index is 0.282. The number of hydrogen-bond donors (Lipinski definition) is 2. The number of pyridine rings is 1. The lowest BCUT2D eigenvalue weighted by Gasteiger charge is -2.10. The molecular weight excluding hydrogens is 354 g/mol.